The lowest BCUT2D eigenvalue weighted by atomic mass is 10.2. The van der Waals surface area contributed by atoms with Gasteiger partial charge in [0.1, 0.15) is 4.88 Å². The lowest BCUT2D eigenvalue weighted by molar-refractivity contribution is 0.0606. The van der Waals surface area contributed by atoms with Gasteiger partial charge >= 0.3 is 5.97 Å². The van der Waals surface area contributed by atoms with E-state index in [9.17, 15) is 4.79 Å². The third kappa shape index (κ3) is 4.08. The fourth-order valence-corrected chi connectivity index (χ4v) is 2.80. The van der Waals surface area contributed by atoms with E-state index in [1.165, 1.54) is 18.4 Å². The highest BCUT2D eigenvalue weighted by Crippen LogP contribution is 2.23. The Labute approximate surface area is 112 Å². The average molecular weight is 271 g/mol. The molecule has 0 aliphatic carbocycles. The van der Waals surface area contributed by atoms with Gasteiger partial charge in [-0.1, -0.05) is 6.92 Å². The van der Waals surface area contributed by atoms with Crippen LogP contribution >= 0.6 is 11.3 Å². The van der Waals surface area contributed by atoms with Gasteiger partial charge in [-0.05, 0) is 31.5 Å². The molecule has 1 N–H and O–H groups in total. The molecule has 102 valence electrons. The number of ether oxygens (including phenoxy) is 1. The third-order valence-electron chi connectivity index (χ3n) is 2.76. The van der Waals surface area contributed by atoms with Crippen molar-refractivity contribution in [1.82, 2.24) is 4.90 Å². The van der Waals surface area contributed by atoms with E-state index in [-0.39, 0.29) is 12.6 Å². The summed E-state index contributed by atoms with van der Waals surface area (Å²) in [5.74, 6) is -0.279. The number of esters is 1. The van der Waals surface area contributed by atoms with Crippen molar-refractivity contribution >= 4 is 17.3 Å². The quantitative estimate of drug-likeness (QED) is 0.771. The highest BCUT2D eigenvalue weighted by molar-refractivity contribution is 7.14. The Hall–Kier alpha value is -0.910. The fraction of sp³-hybridized carbons (Fsp3) is 0.615. The Morgan fingerprint density at radius 3 is 2.78 bits per heavy atom. The molecule has 1 aromatic rings. The second-order valence-corrected chi connectivity index (χ2v) is 5.44. The van der Waals surface area contributed by atoms with E-state index in [2.05, 4.69) is 11.8 Å². The van der Waals surface area contributed by atoms with Crippen LogP contribution in [0.4, 0.5) is 0 Å². The molecule has 0 radical (unpaired) electrons. The van der Waals surface area contributed by atoms with Crippen LogP contribution in [0.25, 0.3) is 0 Å². The molecule has 0 atom stereocenters. The number of aliphatic hydroxyl groups excluding tert-OH is 1. The van der Waals surface area contributed by atoms with Crippen molar-refractivity contribution in [1.29, 1.82) is 0 Å². The number of methoxy groups -OCH3 is 1. The van der Waals surface area contributed by atoms with Crippen molar-refractivity contribution < 1.29 is 14.6 Å². The minimum absolute atomic E-state index is 0.160. The molecule has 1 aromatic heterocycles. The van der Waals surface area contributed by atoms with E-state index >= 15 is 0 Å². The van der Waals surface area contributed by atoms with Crippen LogP contribution in [0.15, 0.2) is 6.07 Å². The van der Waals surface area contributed by atoms with E-state index in [1.54, 1.807) is 0 Å². The normalized spacial score (nSPS) is 10.9. The maximum atomic E-state index is 11.5. The Morgan fingerprint density at radius 2 is 2.22 bits per heavy atom. The highest BCUT2D eigenvalue weighted by atomic mass is 32.1. The molecule has 0 spiro atoms. The molecule has 4 nitrogen and oxygen atoms in total. The summed E-state index contributed by atoms with van der Waals surface area (Å²) in [5.41, 5.74) is 1.14. The van der Waals surface area contributed by atoms with Gasteiger partial charge < -0.3 is 9.84 Å². The molecule has 0 saturated heterocycles. The van der Waals surface area contributed by atoms with Gasteiger partial charge in [0.15, 0.2) is 0 Å². The van der Waals surface area contributed by atoms with Gasteiger partial charge in [0.2, 0.25) is 0 Å². The number of thiophene rings is 1. The van der Waals surface area contributed by atoms with Crippen LogP contribution in [-0.2, 0) is 11.3 Å². The van der Waals surface area contributed by atoms with Gasteiger partial charge in [0, 0.05) is 18.0 Å². The largest absolute Gasteiger partial charge is 0.465 e. The molecular weight excluding hydrogens is 250 g/mol. The summed E-state index contributed by atoms with van der Waals surface area (Å²) < 4.78 is 4.72. The van der Waals surface area contributed by atoms with E-state index < -0.39 is 0 Å². The van der Waals surface area contributed by atoms with E-state index in [0.29, 0.717) is 11.4 Å². The Morgan fingerprint density at radius 1 is 1.50 bits per heavy atom. The first-order valence-electron chi connectivity index (χ1n) is 6.13. The fourth-order valence-electron chi connectivity index (χ4n) is 1.85. The summed E-state index contributed by atoms with van der Waals surface area (Å²) >= 11 is 1.46. The predicted octanol–water partition coefficient (Wildman–Crippen LogP) is 2.05. The van der Waals surface area contributed by atoms with Crippen LogP contribution in [0, 0.1) is 6.92 Å². The first-order valence-corrected chi connectivity index (χ1v) is 6.94. The molecule has 0 aromatic carbocycles. The average Bonchev–Trinajstić information content (AvgIpc) is 2.71. The second kappa shape index (κ2) is 7.51. The Bertz CT molecular complexity index is 384. The summed E-state index contributed by atoms with van der Waals surface area (Å²) in [5, 5.41) is 9.03. The van der Waals surface area contributed by atoms with Gasteiger partial charge in [-0.2, -0.15) is 0 Å². The summed E-state index contributed by atoms with van der Waals surface area (Å²) in [6, 6.07) is 1.89. The SMILES string of the molecule is CCCN(CCO)Cc1cc(C(=O)OC)sc1C. The number of carbonyl (C=O) groups excluding carboxylic acids is 1. The Kier molecular flexibility index (Phi) is 6.32. The van der Waals surface area contributed by atoms with Crippen molar-refractivity contribution in [3.8, 4) is 0 Å². The van der Waals surface area contributed by atoms with Gasteiger partial charge in [0.25, 0.3) is 0 Å². The monoisotopic (exact) mass is 271 g/mol. The summed E-state index contributed by atoms with van der Waals surface area (Å²) in [6.45, 7) is 6.67. The van der Waals surface area contributed by atoms with Crippen LogP contribution in [0.2, 0.25) is 0 Å². The molecule has 1 rings (SSSR count). The lowest BCUT2D eigenvalue weighted by Crippen LogP contribution is -2.27. The van der Waals surface area contributed by atoms with Crippen LogP contribution in [0.1, 0.15) is 33.5 Å². The molecule has 0 aliphatic heterocycles. The van der Waals surface area contributed by atoms with Gasteiger partial charge in [0.05, 0.1) is 13.7 Å². The molecule has 18 heavy (non-hydrogen) atoms. The molecule has 1 heterocycles. The summed E-state index contributed by atoms with van der Waals surface area (Å²) in [4.78, 5) is 15.4. The number of aliphatic hydroxyl groups is 1. The highest BCUT2D eigenvalue weighted by Gasteiger charge is 2.14. The lowest BCUT2D eigenvalue weighted by Gasteiger charge is -2.20. The van der Waals surface area contributed by atoms with E-state index in [4.69, 9.17) is 9.84 Å². The standard InChI is InChI=1S/C13H21NO3S/c1-4-5-14(6-7-15)9-11-8-12(13(16)17-3)18-10(11)2/h8,15H,4-7,9H2,1-3H3. The molecule has 0 fully saturated rings. The van der Waals surface area contributed by atoms with Crippen molar-refractivity contribution in [2.45, 2.75) is 26.8 Å². The smallest absolute Gasteiger partial charge is 0.348 e. The predicted molar refractivity (Wildman–Crippen MR) is 73.0 cm³/mol. The zero-order valence-electron chi connectivity index (χ0n) is 11.2. The van der Waals surface area contributed by atoms with Crippen molar-refractivity contribution in [2.75, 3.05) is 26.8 Å². The van der Waals surface area contributed by atoms with E-state index in [1.807, 2.05) is 13.0 Å². The summed E-state index contributed by atoms with van der Waals surface area (Å²) in [7, 11) is 1.40. The number of hydrogen-bond acceptors (Lipinski definition) is 5. The van der Waals surface area contributed by atoms with Crippen molar-refractivity contribution in [3.63, 3.8) is 0 Å². The number of nitrogens with zero attached hydrogens (tertiary/aromatic N) is 1. The maximum absolute atomic E-state index is 11.5. The molecule has 0 bridgehead atoms. The first kappa shape index (κ1) is 15.1. The first-order chi connectivity index (χ1) is 8.62. The number of rotatable bonds is 7. The number of aryl methyl sites for hydroxylation is 1. The van der Waals surface area contributed by atoms with Crippen molar-refractivity contribution in [3.05, 3.63) is 21.4 Å². The van der Waals surface area contributed by atoms with Crippen LogP contribution in [-0.4, -0.2) is 42.8 Å². The van der Waals surface area contributed by atoms with Crippen LogP contribution < -0.4 is 0 Å². The molecule has 5 heteroatoms. The minimum Gasteiger partial charge on any atom is -0.465 e. The Balaban J connectivity index is 2.76. The molecule has 0 amide bonds. The van der Waals surface area contributed by atoms with Crippen molar-refractivity contribution in [2.24, 2.45) is 0 Å². The van der Waals surface area contributed by atoms with Gasteiger partial charge in [-0.3, -0.25) is 4.90 Å². The minimum atomic E-state index is -0.279. The zero-order valence-corrected chi connectivity index (χ0v) is 12.0. The number of carbonyl (C=O) groups is 1. The molecular formula is C13H21NO3S. The number of hydrogen-bond donors (Lipinski definition) is 1. The molecule has 0 unspecified atom stereocenters. The van der Waals surface area contributed by atoms with Gasteiger partial charge in [-0.25, -0.2) is 4.79 Å². The molecule has 0 saturated carbocycles. The molecule has 0 aliphatic rings. The van der Waals surface area contributed by atoms with Gasteiger partial charge in [-0.15, -0.1) is 11.3 Å². The maximum Gasteiger partial charge on any atom is 0.348 e. The van der Waals surface area contributed by atoms with Crippen LogP contribution in [0.5, 0.6) is 0 Å². The van der Waals surface area contributed by atoms with E-state index in [0.717, 1.165) is 30.0 Å². The zero-order chi connectivity index (χ0) is 13.5. The topological polar surface area (TPSA) is 49.8 Å². The van der Waals surface area contributed by atoms with Crippen LogP contribution in [0.3, 0.4) is 0 Å². The second-order valence-electron chi connectivity index (χ2n) is 4.18. The third-order valence-corrected chi connectivity index (χ3v) is 3.83. The summed E-state index contributed by atoms with van der Waals surface area (Å²) in [6.07, 6.45) is 1.05.